The van der Waals surface area contributed by atoms with Gasteiger partial charge in [0.1, 0.15) is 0 Å². The molecule has 1 N–H and O–H groups in total. The summed E-state index contributed by atoms with van der Waals surface area (Å²) >= 11 is 0. The Hall–Kier alpha value is -4.00. The van der Waals surface area contributed by atoms with Crippen molar-refractivity contribution in [2.75, 3.05) is 24.3 Å². The molecule has 0 bridgehead atoms. The summed E-state index contributed by atoms with van der Waals surface area (Å²) in [5.41, 5.74) is 4.70. The summed E-state index contributed by atoms with van der Waals surface area (Å²) in [6.45, 7) is 2.54. The highest BCUT2D eigenvalue weighted by atomic mass is 16.2. The van der Waals surface area contributed by atoms with Crippen molar-refractivity contribution < 1.29 is 4.79 Å². The molecule has 156 valence electrons. The molecule has 2 aromatic carbocycles. The number of rotatable bonds is 6. The molecule has 0 saturated heterocycles. The molecule has 2 aromatic heterocycles. The normalized spacial score (nSPS) is 10.7. The molecular formula is C24H24N6O. The Labute approximate surface area is 181 Å². The number of hydrogen-bond acceptors (Lipinski definition) is 6. The second-order valence-corrected chi connectivity index (χ2v) is 7.49. The summed E-state index contributed by atoms with van der Waals surface area (Å²) in [7, 11) is 4.01. The zero-order chi connectivity index (χ0) is 21.8. The van der Waals surface area contributed by atoms with E-state index in [2.05, 4.69) is 49.5 Å². The number of carbonyl (C=O) groups excluding carboxylic acids is 1. The van der Waals surface area contributed by atoms with E-state index in [0.29, 0.717) is 23.9 Å². The van der Waals surface area contributed by atoms with Crippen LogP contribution in [0.15, 0.2) is 73.1 Å². The highest BCUT2D eigenvalue weighted by molar-refractivity contribution is 5.96. The first-order chi connectivity index (χ1) is 15.0. The standard InChI is InChI=1S/C24H24N6O/c1-17-4-8-19(9-5-17)22-27-24(26-16-18-6-10-21(11-7-18)29(2)3)30(28-22)23(31)20-12-14-25-15-13-20/h4-15H,16H2,1-3H3,(H,26,27,28). The van der Waals surface area contributed by atoms with Crippen molar-refractivity contribution in [2.45, 2.75) is 13.5 Å². The number of pyridine rings is 1. The third-order valence-corrected chi connectivity index (χ3v) is 4.94. The fourth-order valence-electron chi connectivity index (χ4n) is 3.10. The zero-order valence-electron chi connectivity index (χ0n) is 17.8. The second-order valence-electron chi connectivity index (χ2n) is 7.49. The van der Waals surface area contributed by atoms with E-state index in [0.717, 1.165) is 22.4 Å². The lowest BCUT2D eigenvalue weighted by atomic mass is 10.1. The predicted molar refractivity (Wildman–Crippen MR) is 122 cm³/mol. The summed E-state index contributed by atoms with van der Waals surface area (Å²) in [4.78, 5) is 23.7. The Morgan fingerprint density at radius 1 is 0.968 bits per heavy atom. The molecular weight excluding hydrogens is 388 g/mol. The van der Waals surface area contributed by atoms with E-state index in [9.17, 15) is 4.79 Å². The van der Waals surface area contributed by atoms with Crippen molar-refractivity contribution >= 4 is 17.5 Å². The average molecular weight is 412 g/mol. The molecule has 0 aliphatic carbocycles. The summed E-state index contributed by atoms with van der Waals surface area (Å²) in [6.07, 6.45) is 3.18. The monoisotopic (exact) mass is 412 g/mol. The number of benzene rings is 2. The van der Waals surface area contributed by atoms with Crippen LogP contribution in [0.5, 0.6) is 0 Å². The van der Waals surface area contributed by atoms with E-state index < -0.39 is 0 Å². The Balaban J connectivity index is 1.64. The Morgan fingerprint density at radius 2 is 1.65 bits per heavy atom. The van der Waals surface area contributed by atoms with Crippen molar-refractivity contribution in [1.82, 2.24) is 19.7 Å². The highest BCUT2D eigenvalue weighted by Crippen LogP contribution is 2.20. The summed E-state index contributed by atoms with van der Waals surface area (Å²) in [5, 5.41) is 7.77. The minimum Gasteiger partial charge on any atom is -0.378 e. The molecule has 7 heteroatoms. The van der Waals surface area contributed by atoms with Gasteiger partial charge in [-0.05, 0) is 36.8 Å². The van der Waals surface area contributed by atoms with E-state index in [1.165, 1.54) is 4.68 Å². The highest BCUT2D eigenvalue weighted by Gasteiger charge is 2.18. The van der Waals surface area contributed by atoms with Crippen molar-refractivity contribution in [3.8, 4) is 11.4 Å². The number of aryl methyl sites for hydroxylation is 1. The minimum atomic E-state index is -0.265. The van der Waals surface area contributed by atoms with Crippen LogP contribution in [0.4, 0.5) is 11.6 Å². The molecule has 0 aliphatic rings. The van der Waals surface area contributed by atoms with E-state index in [-0.39, 0.29) is 5.91 Å². The molecule has 0 saturated carbocycles. The van der Waals surface area contributed by atoms with Gasteiger partial charge >= 0.3 is 0 Å². The predicted octanol–water partition coefficient (Wildman–Crippen LogP) is 4.02. The molecule has 4 rings (SSSR count). The van der Waals surface area contributed by atoms with Crippen molar-refractivity contribution in [3.05, 3.63) is 89.7 Å². The van der Waals surface area contributed by atoms with Gasteiger partial charge in [0.05, 0.1) is 0 Å². The van der Waals surface area contributed by atoms with Crippen LogP contribution >= 0.6 is 0 Å². The van der Waals surface area contributed by atoms with Crippen molar-refractivity contribution in [3.63, 3.8) is 0 Å². The van der Waals surface area contributed by atoms with Gasteiger partial charge in [0.15, 0.2) is 5.82 Å². The van der Waals surface area contributed by atoms with Crippen LogP contribution in [0.1, 0.15) is 21.5 Å². The van der Waals surface area contributed by atoms with Crippen LogP contribution in [-0.4, -0.2) is 39.8 Å². The van der Waals surface area contributed by atoms with Crippen molar-refractivity contribution in [2.24, 2.45) is 0 Å². The first-order valence-electron chi connectivity index (χ1n) is 10.0. The number of anilines is 2. The lowest BCUT2D eigenvalue weighted by molar-refractivity contribution is 0.0947. The first kappa shape index (κ1) is 20.3. The van der Waals surface area contributed by atoms with Gasteiger partial charge in [-0.1, -0.05) is 42.0 Å². The number of hydrogen-bond donors (Lipinski definition) is 1. The van der Waals surface area contributed by atoms with Gasteiger partial charge in [0, 0.05) is 49.8 Å². The topological polar surface area (TPSA) is 75.9 Å². The largest absolute Gasteiger partial charge is 0.378 e. The molecule has 31 heavy (non-hydrogen) atoms. The maximum Gasteiger partial charge on any atom is 0.281 e. The maximum absolute atomic E-state index is 13.1. The van der Waals surface area contributed by atoms with Crippen LogP contribution in [0, 0.1) is 6.92 Å². The Morgan fingerprint density at radius 3 is 2.29 bits per heavy atom. The van der Waals surface area contributed by atoms with Gasteiger partial charge in [-0.3, -0.25) is 9.78 Å². The summed E-state index contributed by atoms with van der Waals surface area (Å²) in [5.74, 6) is 0.626. The van der Waals surface area contributed by atoms with Gasteiger partial charge in [-0.15, -0.1) is 5.10 Å². The molecule has 0 aliphatic heterocycles. The molecule has 0 spiro atoms. The molecule has 4 aromatic rings. The van der Waals surface area contributed by atoms with E-state index in [4.69, 9.17) is 0 Å². The van der Waals surface area contributed by atoms with Gasteiger partial charge in [0.2, 0.25) is 5.95 Å². The molecule has 0 fully saturated rings. The number of carbonyl (C=O) groups is 1. The second kappa shape index (κ2) is 8.79. The molecule has 0 radical (unpaired) electrons. The SMILES string of the molecule is Cc1ccc(-c2nc(NCc3ccc(N(C)C)cc3)n(C(=O)c3ccncc3)n2)cc1. The smallest absolute Gasteiger partial charge is 0.281 e. The third kappa shape index (κ3) is 4.61. The van der Waals surface area contributed by atoms with Gasteiger partial charge in [-0.25, -0.2) is 0 Å². The van der Waals surface area contributed by atoms with Gasteiger partial charge in [-0.2, -0.15) is 9.67 Å². The quantitative estimate of drug-likeness (QED) is 0.516. The molecule has 2 heterocycles. The van der Waals surface area contributed by atoms with Crippen molar-refractivity contribution in [1.29, 1.82) is 0 Å². The third-order valence-electron chi connectivity index (χ3n) is 4.94. The molecule has 0 atom stereocenters. The van der Waals surface area contributed by atoms with E-state index in [1.54, 1.807) is 24.5 Å². The lowest BCUT2D eigenvalue weighted by Crippen LogP contribution is -2.17. The zero-order valence-corrected chi connectivity index (χ0v) is 17.8. The van der Waals surface area contributed by atoms with Gasteiger partial charge in [0.25, 0.3) is 5.91 Å². The van der Waals surface area contributed by atoms with Crippen LogP contribution in [-0.2, 0) is 6.54 Å². The van der Waals surface area contributed by atoms with Crippen LogP contribution in [0.3, 0.4) is 0 Å². The van der Waals surface area contributed by atoms with Crippen LogP contribution in [0.25, 0.3) is 11.4 Å². The molecule has 0 amide bonds. The lowest BCUT2D eigenvalue weighted by Gasteiger charge is -2.13. The number of aromatic nitrogens is 4. The summed E-state index contributed by atoms with van der Waals surface area (Å²) in [6, 6.07) is 19.5. The minimum absolute atomic E-state index is 0.265. The molecule has 0 unspecified atom stereocenters. The fraction of sp³-hybridized carbons (Fsp3) is 0.167. The fourth-order valence-corrected chi connectivity index (χ4v) is 3.10. The Bertz CT molecular complexity index is 1170. The number of nitrogens with one attached hydrogen (secondary N) is 1. The van der Waals surface area contributed by atoms with Crippen LogP contribution in [0.2, 0.25) is 0 Å². The number of nitrogens with zero attached hydrogens (tertiary/aromatic N) is 5. The van der Waals surface area contributed by atoms with E-state index >= 15 is 0 Å². The molecule has 7 nitrogen and oxygen atoms in total. The average Bonchev–Trinajstić information content (AvgIpc) is 3.22. The summed E-state index contributed by atoms with van der Waals surface area (Å²) < 4.78 is 1.32. The first-order valence-corrected chi connectivity index (χ1v) is 10.0. The van der Waals surface area contributed by atoms with Gasteiger partial charge < -0.3 is 10.2 Å². The van der Waals surface area contributed by atoms with Crippen LogP contribution < -0.4 is 10.2 Å². The van der Waals surface area contributed by atoms with E-state index in [1.807, 2.05) is 45.3 Å². The Kier molecular flexibility index (Phi) is 5.75. The maximum atomic E-state index is 13.1.